The number of rotatable bonds is 6. The van der Waals surface area contributed by atoms with Crippen molar-refractivity contribution in [2.24, 2.45) is 5.73 Å². The van der Waals surface area contributed by atoms with Gasteiger partial charge in [0.2, 0.25) is 5.89 Å². The maximum Gasteiger partial charge on any atom is 0.270 e. The topological polar surface area (TPSA) is 99.8 Å². The fraction of sp³-hybridized carbons (Fsp3) is 0.333. The van der Waals surface area contributed by atoms with Gasteiger partial charge in [-0.15, -0.1) is 0 Å². The number of aromatic nitrogens is 4. The summed E-state index contributed by atoms with van der Waals surface area (Å²) in [5, 5.41) is 8.83. The molecule has 0 aliphatic carbocycles. The molecule has 7 nitrogen and oxygen atoms in total. The third-order valence-electron chi connectivity index (χ3n) is 4.16. The van der Waals surface area contributed by atoms with Gasteiger partial charge in [-0.25, -0.2) is 4.68 Å². The molecular formula is C18H20ClN5O2. The van der Waals surface area contributed by atoms with Crippen LogP contribution in [0.3, 0.4) is 0 Å². The Balaban J connectivity index is 1.68. The van der Waals surface area contributed by atoms with Gasteiger partial charge in [0.15, 0.2) is 5.82 Å². The maximum atomic E-state index is 12.4. The Labute approximate surface area is 155 Å². The second-order valence-corrected chi connectivity index (χ2v) is 6.64. The van der Waals surface area contributed by atoms with Crippen molar-refractivity contribution in [3.63, 3.8) is 0 Å². The van der Waals surface area contributed by atoms with E-state index in [0.717, 1.165) is 17.5 Å². The molecule has 0 bridgehead atoms. The molecule has 3 aromatic rings. The van der Waals surface area contributed by atoms with Crippen LogP contribution in [0, 0.1) is 6.92 Å². The third-order valence-corrected chi connectivity index (χ3v) is 4.41. The van der Waals surface area contributed by atoms with Crippen LogP contribution in [0.25, 0.3) is 0 Å². The van der Waals surface area contributed by atoms with Gasteiger partial charge in [-0.2, -0.15) is 10.1 Å². The molecule has 8 heteroatoms. The van der Waals surface area contributed by atoms with Crippen LogP contribution in [0.15, 0.2) is 39.8 Å². The third kappa shape index (κ3) is 4.17. The maximum absolute atomic E-state index is 12.4. The molecule has 0 saturated heterocycles. The van der Waals surface area contributed by atoms with Crippen LogP contribution in [0.2, 0.25) is 5.02 Å². The van der Waals surface area contributed by atoms with Gasteiger partial charge in [-0.1, -0.05) is 28.9 Å². The first-order valence-electron chi connectivity index (χ1n) is 8.32. The molecule has 3 rings (SSSR count). The largest absolute Gasteiger partial charge is 0.337 e. The van der Waals surface area contributed by atoms with Crippen molar-refractivity contribution in [1.29, 1.82) is 0 Å². The van der Waals surface area contributed by atoms with Gasteiger partial charge >= 0.3 is 0 Å². The van der Waals surface area contributed by atoms with E-state index < -0.39 is 0 Å². The smallest absolute Gasteiger partial charge is 0.270 e. The number of nitrogens with two attached hydrogens (primary N) is 1. The zero-order valence-corrected chi connectivity index (χ0v) is 15.4. The van der Waals surface area contributed by atoms with Crippen molar-refractivity contribution >= 4 is 11.6 Å². The van der Waals surface area contributed by atoms with E-state index in [0.29, 0.717) is 28.7 Å². The molecule has 0 aliphatic rings. The molecule has 1 aromatic carbocycles. The van der Waals surface area contributed by atoms with E-state index in [9.17, 15) is 4.79 Å². The molecule has 26 heavy (non-hydrogen) atoms. The first kappa shape index (κ1) is 18.3. The minimum Gasteiger partial charge on any atom is -0.337 e. The molecule has 0 radical (unpaired) electrons. The Kier molecular flexibility index (Phi) is 5.49. The average Bonchev–Trinajstić information content (AvgIpc) is 3.06. The van der Waals surface area contributed by atoms with E-state index in [1.54, 1.807) is 13.1 Å². The Morgan fingerprint density at radius 2 is 2.00 bits per heavy atom. The number of halogens is 1. The summed E-state index contributed by atoms with van der Waals surface area (Å²) >= 11 is 5.88. The first-order chi connectivity index (χ1) is 12.4. The molecule has 136 valence electrons. The highest BCUT2D eigenvalue weighted by Crippen LogP contribution is 2.12. The molecule has 0 amide bonds. The summed E-state index contributed by atoms with van der Waals surface area (Å²) in [7, 11) is 0. The van der Waals surface area contributed by atoms with E-state index in [4.69, 9.17) is 21.9 Å². The van der Waals surface area contributed by atoms with E-state index in [-0.39, 0.29) is 18.1 Å². The van der Waals surface area contributed by atoms with Crippen LogP contribution in [-0.4, -0.2) is 19.9 Å². The standard InChI is InChI=1S/C18H20ClN5O2/c1-11-15(12(2)20)9-21-24(18(11)25)10-17-22-16(23-26-17)8-5-13-3-6-14(19)7-4-13/h3-4,6-7,9,12H,5,8,10,20H2,1-2H3. The normalized spacial score (nSPS) is 12.3. The van der Waals surface area contributed by atoms with E-state index >= 15 is 0 Å². The lowest BCUT2D eigenvalue weighted by Crippen LogP contribution is -2.28. The fourth-order valence-corrected chi connectivity index (χ4v) is 2.79. The summed E-state index contributed by atoms with van der Waals surface area (Å²) in [6.07, 6.45) is 3.02. The number of hydrogen-bond donors (Lipinski definition) is 1. The Morgan fingerprint density at radius 3 is 2.69 bits per heavy atom. The van der Waals surface area contributed by atoms with E-state index in [2.05, 4.69) is 15.2 Å². The minimum absolute atomic E-state index is 0.132. The Hall–Kier alpha value is -2.51. The highest BCUT2D eigenvalue weighted by molar-refractivity contribution is 6.30. The number of benzene rings is 1. The lowest BCUT2D eigenvalue weighted by molar-refractivity contribution is 0.358. The van der Waals surface area contributed by atoms with Crippen LogP contribution in [-0.2, 0) is 19.4 Å². The zero-order chi connectivity index (χ0) is 18.7. The molecule has 0 aliphatic heterocycles. The summed E-state index contributed by atoms with van der Waals surface area (Å²) in [5.41, 5.74) is 8.09. The number of hydrogen-bond acceptors (Lipinski definition) is 6. The van der Waals surface area contributed by atoms with E-state index in [1.807, 2.05) is 31.2 Å². The number of aryl methyl sites for hydroxylation is 2. The Morgan fingerprint density at radius 1 is 1.27 bits per heavy atom. The number of nitrogens with zero attached hydrogens (tertiary/aromatic N) is 4. The van der Waals surface area contributed by atoms with E-state index in [1.165, 1.54) is 4.68 Å². The van der Waals surface area contributed by atoms with Gasteiger partial charge in [0.25, 0.3) is 5.56 Å². The van der Waals surface area contributed by atoms with Gasteiger partial charge in [0.1, 0.15) is 6.54 Å². The van der Waals surface area contributed by atoms with Crippen molar-refractivity contribution < 1.29 is 4.52 Å². The van der Waals surface area contributed by atoms with Crippen molar-refractivity contribution in [2.75, 3.05) is 0 Å². The van der Waals surface area contributed by atoms with Crippen LogP contribution in [0.1, 0.15) is 41.4 Å². The minimum atomic E-state index is -0.243. The molecular weight excluding hydrogens is 354 g/mol. The van der Waals surface area contributed by atoms with Crippen molar-refractivity contribution in [2.45, 2.75) is 39.3 Å². The summed E-state index contributed by atoms with van der Waals surface area (Å²) in [4.78, 5) is 16.7. The average molecular weight is 374 g/mol. The van der Waals surface area contributed by atoms with Crippen molar-refractivity contribution in [1.82, 2.24) is 19.9 Å². The zero-order valence-electron chi connectivity index (χ0n) is 14.6. The molecule has 2 heterocycles. The van der Waals surface area contributed by atoms with Crippen LogP contribution >= 0.6 is 11.6 Å². The fourth-order valence-electron chi connectivity index (χ4n) is 2.66. The summed E-state index contributed by atoms with van der Waals surface area (Å²) in [5.74, 6) is 0.936. The van der Waals surface area contributed by atoms with Gasteiger partial charge in [-0.05, 0) is 43.5 Å². The molecule has 2 N–H and O–H groups in total. The Bertz CT molecular complexity index is 947. The molecule has 0 spiro atoms. The summed E-state index contributed by atoms with van der Waals surface area (Å²) in [6, 6.07) is 7.40. The quantitative estimate of drug-likeness (QED) is 0.712. The van der Waals surface area contributed by atoms with Gasteiger partial charge in [-0.3, -0.25) is 4.79 Å². The summed E-state index contributed by atoms with van der Waals surface area (Å²) < 4.78 is 6.55. The lowest BCUT2D eigenvalue weighted by atomic mass is 10.1. The second-order valence-electron chi connectivity index (χ2n) is 6.21. The molecule has 0 saturated carbocycles. The lowest BCUT2D eigenvalue weighted by Gasteiger charge is -2.10. The second kappa shape index (κ2) is 7.80. The van der Waals surface area contributed by atoms with Crippen LogP contribution < -0.4 is 11.3 Å². The predicted molar refractivity (Wildman–Crippen MR) is 98.1 cm³/mol. The van der Waals surface area contributed by atoms with Gasteiger partial charge in [0, 0.05) is 23.0 Å². The van der Waals surface area contributed by atoms with Crippen molar-refractivity contribution in [3.8, 4) is 0 Å². The molecule has 1 unspecified atom stereocenters. The summed E-state index contributed by atoms with van der Waals surface area (Å²) in [6.45, 7) is 3.69. The highest BCUT2D eigenvalue weighted by Gasteiger charge is 2.13. The van der Waals surface area contributed by atoms with Crippen LogP contribution in [0.4, 0.5) is 0 Å². The molecule has 1 atom stereocenters. The molecule has 2 aromatic heterocycles. The SMILES string of the molecule is Cc1c(C(C)N)cnn(Cc2nc(CCc3ccc(Cl)cc3)no2)c1=O. The predicted octanol–water partition coefficient (Wildman–Crippen LogP) is 2.44. The van der Waals surface area contributed by atoms with Crippen molar-refractivity contribution in [3.05, 3.63) is 74.2 Å². The van der Waals surface area contributed by atoms with Crippen LogP contribution in [0.5, 0.6) is 0 Å². The highest BCUT2D eigenvalue weighted by atomic mass is 35.5. The first-order valence-corrected chi connectivity index (χ1v) is 8.70. The van der Waals surface area contributed by atoms with Gasteiger partial charge in [0.05, 0.1) is 6.20 Å². The van der Waals surface area contributed by atoms with Gasteiger partial charge < -0.3 is 10.3 Å². The monoisotopic (exact) mass is 373 g/mol. The molecule has 0 fully saturated rings.